The third-order valence-corrected chi connectivity index (χ3v) is 3.30. The molecule has 0 bridgehead atoms. The Bertz CT molecular complexity index is 202. The number of aliphatic hydroxyl groups is 1. The fraction of sp³-hybridized carbons (Fsp3) is 0.909. The van der Waals surface area contributed by atoms with Crippen LogP contribution in [0.3, 0.4) is 0 Å². The molecule has 1 fully saturated rings. The molecule has 0 aromatic carbocycles. The molecular weight excluding hydrogens is 194 g/mol. The third kappa shape index (κ3) is 4.18. The van der Waals surface area contributed by atoms with E-state index in [0.717, 1.165) is 6.42 Å². The molecule has 1 saturated carbocycles. The topological polar surface area (TPSA) is 83.6 Å². The molecule has 0 aromatic rings. The van der Waals surface area contributed by atoms with Crippen LogP contribution in [0.2, 0.25) is 0 Å². The maximum absolute atomic E-state index is 10.5. The summed E-state index contributed by atoms with van der Waals surface area (Å²) in [4.78, 5) is 10.5. The summed E-state index contributed by atoms with van der Waals surface area (Å²) in [7, 11) is 0. The zero-order valence-corrected chi connectivity index (χ0v) is 9.06. The van der Waals surface area contributed by atoms with Crippen LogP contribution in [0.25, 0.3) is 0 Å². The van der Waals surface area contributed by atoms with Crippen LogP contribution in [-0.4, -0.2) is 28.3 Å². The Morgan fingerprint density at radius 3 is 2.47 bits per heavy atom. The van der Waals surface area contributed by atoms with Gasteiger partial charge in [-0.3, -0.25) is 4.79 Å². The van der Waals surface area contributed by atoms with E-state index in [9.17, 15) is 9.90 Å². The standard InChI is InChI=1S/C11H21NO3/c12-10(11(14)15)9(13)7-6-8-4-2-1-3-5-8/h8-10,13H,1-7,12H2,(H,14,15)/t9-,10-/m0/s1. The lowest BCUT2D eigenvalue weighted by molar-refractivity contribution is -0.141. The zero-order chi connectivity index (χ0) is 11.3. The van der Waals surface area contributed by atoms with Gasteiger partial charge >= 0.3 is 5.97 Å². The van der Waals surface area contributed by atoms with E-state index in [1.165, 1.54) is 32.1 Å². The van der Waals surface area contributed by atoms with Crippen molar-refractivity contribution in [1.82, 2.24) is 0 Å². The molecule has 0 spiro atoms. The van der Waals surface area contributed by atoms with Gasteiger partial charge in [-0.2, -0.15) is 0 Å². The number of carbonyl (C=O) groups is 1. The minimum atomic E-state index is -1.13. The first-order chi connectivity index (χ1) is 7.11. The van der Waals surface area contributed by atoms with E-state index in [1.54, 1.807) is 0 Å². The summed E-state index contributed by atoms with van der Waals surface area (Å²) in [6.45, 7) is 0. The van der Waals surface area contributed by atoms with Gasteiger partial charge < -0.3 is 15.9 Å². The van der Waals surface area contributed by atoms with Gasteiger partial charge in [-0.05, 0) is 18.8 Å². The fourth-order valence-electron chi connectivity index (χ4n) is 2.23. The molecule has 4 N–H and O–H groups in total. The summed E-state index contributed by atoms with van der Waals surface area (Å²) in [5.74, 6) is -0.458. The van der Waals surface area contributed by atoms with Crippen LogP contribution >= 0.6 is 0 Å². The Labute approximate surface area is 90.5 Å². The van der Waals surface area contributed by atoms with Crippen molar-refractivity contribution in [1.29, 1.82) is 0 Å². The quantitative estimate of drug-likeness (QED) is 0.641. The lowest BCUT2D eigenvalue weighted by atomic mass is 9.85. The predicted molar refractivity (Wildman–Crippen MR) is 57.4 cm³/mol. The number of aliphatic carboxylic acids is 1. The van der Waals surface area contributed by atoms with Gasteiger partial charge in [-0.15, -0.1) is 0 Å². The second-order valence-electron chi connectivity index (χ2n) is 4.51. The Hall–Kier alpha value is -0.610. The molecule has 2 atom stereocenters. The van der Waals surface area contributed by atoms with Crippen LogP contribution in [0, 0.1) is 5.92 Å². The SMILES string of the molecule is N[C@H](C(=O)O)[C@@H](O)CCC1CCCCC1. The summed E-state index contributed by atoms with van der Waals surface area (Å²) in [5, 5.41) is 18.1. The molecule has 0 aliphatic heterocycles. The van der Waals surface area contributed by atoms with E-state index in [1.807, 2.05) is 0 Å². The van der Waals surface area contributed by atoms with Crippen LogP contribution in [0.5, 0.6) is 0 Å². The summed E-state index contributed by atoms with van der Waals surface area (Å²) < 4.78 is 0. The largest absolute Gasteiger partial charge is 0.480 e. The van der Waals surface area contributed by atoms with Crippen molar-refractivity contribution in [3.8, 4) is 0 Å². The normalized spacial score (nSPS) is 22.3. The second-order valence-corrected chi connectivity index (χ2v) is 4.51. The molecule has 1 aliphatic carbocycles. The van der Waals surface area contributed by atoms with Gasteiger partial charge in [0.15, 0.2) is 0 Å². The molecule has 0 radical (unpaired) electrons. The van der Waals surface area contributed by atoms with Crippen molar-refractivity contribution < 1.29 is 15.0 Å². The average molecular weight is 215 g/mol. The number of aliphatic hydroxyl groups excluding tert-OH is 1. The van der Waals surface area contributed by atoms with Crippen molar-refractivity contribution in [2.24, 2.45) is 11.7 Å². The molecular formula is C11H21NO3. The van der Waals surface area contributed by atoms with Gasteiger partial charge in [-0.1, -0.05) is 32.1 Å². The lowest BCUT2D eigenvalue weighted by Crippen LogP contribution is -2.41. The van der Waals surface area contributed by atoms with Crippen molar-refractivity contribution in [3.05, 3.63) is 0 Å². The van der Waals surface area contributed by atoms with E-state index in [2.05, 4.69) is 0 Å². The predicted octanol–water partition coefficient (Wildman–Crippen LogP) is 1.12. The molecule has 0 saturated heterocycles. The Morgan fingerprint density at radius 2 is 1.93 bits per heavy atom. The summed E-state index contributed by atoms with van der Waals surface area (Å²) in [5.41, 5.74) is 5.33. The van der Waals surface area contributed by atoms with Crippen molar-refractivity contribution in [3.63, 3.8) is 0 Å². The average Bonchev–Trinajstić information content (AvgIpc) is 2.26. The van der Waals surface area contributed by atoms with Crippen molar-refractivity contribution in [2.45, 2.75) is 57.1 Å². The number of carboxylic acid groups (broad SMARTS) is 1. The van der Waals surface area contributed by atoms with Gasteiger partial charge in [-0.25, -0.2) is 0 Å². The molecule has 4 heteroatoms. The van der Waals surface area contributed by atoms with Crippen LogP contribution < -0.4 is 5.73 Å². The van der Waals surface area contributed by atoms with E-state index in [0.29, 0.717) is 12.3 Å². The Balaban J connectivity index is 2.20. The first-order valence-corrected chi connectivity index (χ1v) is 5.77. The van der Waals surface area contributed by atoms with Gasteiger partial charge in [0.1, 0.15) is 6.04 Å². The van der Waals surface area contributed by atoms with Gasteiger partial charge in [0.25, 0.3) is 0 Å². The summed E-state index contributed by atoms with van der Waals surface area (Å²) in [6.07, 6.45) is 6.81. The second kappa shape index (κ2) is 6.08. The molecule has 15 heavy (non-hydrogen) atoms. The highest BCUT2D eigenvalue weighted by Gasteiger charge is 2.23. The van der Waals surface area contributed by atoms with E-state index >= 15 is 0 Å². The fourth-order valence-corrected chi connectivity index (χ4v) is 2.23. The Kier molecular flexibility index (Phi) is 5.05. The first kappa shape index (κ1) is 12.5. The number of nitrogens with two attached hydrogens (primary N) is 1. The number of rotatable bonds is 5. The lowest BCUT2D eigenvalue weighted by Gasteiger charge is -2.23. The van der Waals surface area contributed by atoms with Crippen LogP contribution in [0.1, 0.15) is 44.9 Å². The van der Waals surface area contributed by atoms with Gasteiger partial charge in [0.05, 0.1) is 6.10 Å². The Morgan fingerprint density at radius 1 is 1.33 bits per heavy atom. The summed E-state index contributed by atoms with van der Waals surface area (Å²) in [6, 6.07) is -1.13. The van der Waals surface area contributed by atoms with E-state index < -0.39 is 18.1 Å². The van der Waals surface area contributed by atoms with Gasteiger partial charge in [0, 0.05) is 0 Å². The van der Waals surface area contributed by atoms with Crippen LogP contribution in [0.15, 0.2) is 0 Å². The smallest absolute Gasteiger partial charge is 0.323 e. The van der Waals surface area contributed by atoms with E-state index in [-0.39, 0.29) is 0 Å². The molecule has 0 unspecified atom stereocenters. The minimum Gasteiger partial charge on any atom is -0.480 e. The maximum atomic E-state index is 10.5. The molecule has 0 heterocycles. The first-order valence-electron chi connectivity index (χ1n) is 5.77. The molecule has 0 amide bonds. The summed E-state index contributed by atoms with van der Waals surface area (Å²) >= 11 is 0. The zero-order valence-electron chi connectivity index (χ0n) is 9.06. The molecule has 4 nitrogen and oxygen atoms in total. The van der Waals surface area contributed by atoms with Gasteiger partial charge in [0.2, 0.25) is 0 Å². The van der Waals surface area contributed by atoms with Crippen molar-refractivity contribution >= 4 is 5.97 Å². The minimum absolute atomic E-state index is 0.512. The number of hydrogen-bond donors (Lipinski definition) is 3. The number of carboxylic acids is 1. The molecule has 88 valence electrons. The van der Waals surface area contributed by atoms with Crippen LogP contribution in [-0.2, 0) is 4.79 Å². The number of hydrogen-bond acceptors (Lipinski definition) is 3. The highest BCUT2D eigenvalue weighted by molar-refractivity contribution is 5.73. The van der Waals surface area contributed by atoms with Crippen LogP contribution in [0.4, 0.5) is 0 Å². The maximum Gasteiger partial charge on any atom is 0.323 e. The molecule has 0 aromatic heterocycles. The van der Waals surface area contributed by atoms with E-state index in [4.69, 9.17) is 10.8 Å². The molecule has 1 aliphatic rings. The molecule has 1 rings (SSSR count). The highest BCUT2D eigenvalue weighted by atomic mass is 16.4. The van der Waals surface area contributed by atoms with Crippen molar-refractivity contribution in [2.75, 3.05) is 0 Å². The highest BCUT2D eigenvalue weighted by Crippen LogP contribution is 2.27. The third-order valence-electron chi connectivity index (χ3n) is 3.30. The monoisotopic (exact) mass is 215 g/mol.